The Morgan fingerprint density at radius 2 is 1.05 bits per heavy atom. The first-order valence-electron chi connectivity index (χ1n) is 22.0. The van der Waals surface area contributed by atoms with Crippen molar-refractivity contribution in [2.24, 2.45) is 10.9 Å². The van der Waals surface area contributed by atoms with E-state index in [4.69, 9.17) is 9.73 Å². The molecule has 0 radical (unpaired) electrons. The van der Waals surface area contributed by atoms with Crippen molar-refractivity contribution in [2.45, 2.75) is 17.9 Å². The molecule has 0 saturated heterocycles. The highest BCUT2D eigenvalue weighted by molar-refractivity contribution is 6.03. The van der Waals surface area contributed by atoms with Gasteiger partial charge in [-0.25, -0.2) is 4.99 Å². The van der Waals surface area contributed by atoms with E-state index in [1.807, 2.05) is 0 Å². The molecule has 3 nitrogen and oxygen atoms in total. The summed E-state index contributed by atoms with van der Waals surface area (Å²) in [4.78, 5) is 7.75. The van der Waals surface area contributed by atoms with E-state index >= 15 is 0 Å². The summed E-state index contributed by atoms with van der Waals surface area (Å²) in [5, 5.41) is 0. The largest absolute Gasteiger partial charge is 0.456 e. The molecule has 2 aliphatic carbocycles. The van der Waals surface area contributed by atoms with Crippen LogP contribution in [-0.4, -0.2) is 23.8 Å². The first-order valence-corrected chi connectivity index (χ1v) is 22.0. The Morgan fingerprint density at radius 3 is 1.75 bits per heavy atom. The molecule has 63 heavy (non-hydrogen) atoms. The number of hydrogen-bond donors (Lipinski definition) is 0. The van der Waals surface area contributed by atoms with Crippen molar-refractivity contribution in [3.8, 4) is 44.9 Å². The third-order valence-electron chi connectivity index (χ3n) is 13.6. The van der Waals surface area contributed by atoms with E-state index in [9.17, 15) is 0 Å². The summed E-state index contributed by atoms with van der Waals surface area (Å²) in [6.45, 7) is 0. The average molecular weight is 809 g/mol. The molecule has 0 amide bonds. The Labute approximate surface area is 369 Å². The predicted octanol–water partition coefficient (Wildman–Crippen LogP) is 14.3. The number of amidine groups is 1. The number of likely N-dealkylation sites (N-methyl/N-ethyl adjacent to an activating group) is 1. The van der Waals surface area contributed by atoms with Crippen LogP contribution in [0.4, 0.5) is 0 Å². The third-order valence-corrected chi connectivity index (χ3v) is 13.6. The fraction of sp³-hybridized carbons (Fsp3) is 0.0833. The zero-order valence-corrected chi connectivity index (χ0v) is 35.0. The van der Waals surface area contributed by atoms with Crippen molar-refractivity contribution in [1.29, 1.82) is 0 Å². The highest BCUT2D eigenvalue weighted by Crippen LogP contribution is 2.63. The van der Waals surface area contributed by atoms with Crippen LogP contribution < -0.4 is 4.74 Å². The molecule has 2 heterocycles. The Kier molecular flexibility index (Phi) is 8.82. The summed E-state index contributed by atoms with van der Waals surface area (Å²) in [6, 6.07) is 72.3. The smallest absolute Gasteiger partial charge is 0.140 e. The number of para-hydroxylation sites is 2. The molecule has 8 aromatic carbocycles. The van der Waals surface area contributed by atoms with Gasteiger partial charge in [-0.2, -0.15) is 0 Å². The van der Waals surface area contributed by atoms with Crippen LogP contribution in [0.15, 0.2) is 229 Å². The molecular weight excluding hydrogens is 765 g/mol. The monoisotopic (exact) mass is 808 g/mol. The second-order valence-corrected chi connectivity index (χ2v) is 17.0. The van der Waals surface area contributed by atoms with Gasteiger partial charge in [0.2, 0.25) is 0 Å². The number of hydrogen-bond acceptors (Lipinski definition) is 3. The topological polar surface area (TPSA) is 24.8 Å². The maximum Gasteiger partial charge on any atom is 0.140 e. The zero-order valence-electron chi connectivity index (χ0n) is 35.0. The highest BCUT2D eigenvalue weighted by Gasteiger charge is 2.51. The van der Waals surface area contributed by atoms with Crippen molar-refractivity contribution >= 4 is 17.1 Å². The van der Waals surface area contributed by atoms with Gasteiger partial charge in [0.1, 0.15) is 17.3 Å². The minimum absolute atomic E-state index is 0.126. The van der Waals surface area contributed by atoms with Gasteiger partial charge in [-0.15, -0.1) is 0 Å². The van der Waals surface area contributed by atoms with Crippen LogP contribution in [0.25, 0.3) is 44.7 Å². The second-order valence-electron chi connectivity index (χ2n) is 17.0. The summed E-state index contributed by atoms with van der Waals surface area (Å²) in [6.07, 6.45) is 10.4. The van der Waals surface area contributed by atoms with Gasteiger partial charge >= 0.3 is 0 Å². The van der Waals surface area contributed by atoms with Gasteiger partial charge in [0.25, 0.3) is 0 Å². The van der Waals surface area contributed by atoms with Gasteiger partial charge in [0.15, 0.2) is 0 Å². The molecule has 0 aromatic heterocycles. The molecule has 4 aliphatic rings. The van der Waals surface area contributed by atoms with Crippen molar-refractivity contribution in [3.05, 3.63) is 263 Å². The molecule has 12 rings (SSSR count). The number of aliphatic imine (C=N–C) groups is 1. The molecule has 0 N–H and O–H groups in total. The standard InChI is InChI=1S/C60H44N2O/c1-62-56(42-35-33-41(34-36-42)40-17-4-2-5-18-40)39-55(61-59(62)43-19-6-3-7-20-43)47-24-15-22-45(38-47)44-21-14-23-46(37-44)48-27-16-31-54-58(48)63-57-32-13-12-30-53(57)60(54)51-28-10-8-25-49(51)50-26-9-11-29-52(50)60/h2-35,37-39,42,56H,36H2,1H3. The third kappa shape index (κ3) is 5.99. The molecule has 300 valence electrons. The SMILES string of the molecule is CN1C(c2ccccc2)=NC(c2cccc(-c3cccc(-c4cccc5c4Oc4ccccc4C54c5ccccc5-c5ccccc54)c3)c2)=CC1C1C=CC(c2ccccc2)=CC1. The number of fused-ring (bicyclic) bond motifs is 9. The lowest BCUT2D eigenvalue weighted by atomic mass is 9.65. The first-order chi connectivity index (χ1) is 31.1. The molecule has 8 aromatic rings. The van der Waals surface area contributed by atoms with Gasteiger partial charge in [0.05, 0.1) is 17.2 Å². The van der Waals surface area contributed by atoms with E-state index in [2.05, 4.69) is 236 Å². The number of nitrogens with zero attached hydrogens (tertiary/aromatic N) is 2. The molecule has 0 fully saturated rings. The van der Waals surface area contributed by atoms with Crippen molar-refractivity contribution in [1.82, 2.24) is 4.90 Å². The Hall–Kier alpha value is -7.75. The van der Waals surface area contributed by atoms with E-state index in [1.54, 1.807) is 0 Å². The van der Waals surface area contributed by atoms with E-state index in [0.717, 1.165) is 62.8 Å². The lowest BCUT2D eigenvalue weighted by Gasteiger charge is -2.40. The summed E-state index contributed by atoms with van der Waals surface area (Å²) in [5.74, 6) is 3.08. The fourth-order valence-electron chi connectivity index (χ4n) is 10.6. The maximum atomic E-state index is 7.03. The minimum atomic E-state index is -0.508. The van der Waals surface area contributed by atoms with Crippen molar-refractivity contribution < 1.29 is 4.74 Å². The van der Waals surface area contributed by atoms with E-state index in [-0.39, 0.29) is 6.04 Å². The minimum Gasteiger partial charge on any atom is -0.456 e. The van der Waals surface area contributed by atoms with Gasteiger partial charge < -0.3 is 9.64 Å². The van der Waals surface area contributed by atoms with Crippen LogP contribution >= 0.6 is 0 Å². The first kappa shape index (κ1) is 37.0. The molecule has 2 aliphatic heterocycles. The quantitative estimate of drug-likeness (QED) is 0.167. The fourth-order valence-corrected chi connectivity index (χ4v) is 10.6. The van der Waals surface area contributed by atoms with Crippen molar-refractivity contribution in [3.63, 3.8) is 0 Å². The van der Waals surface area contributed by atoms with Crippen LogP contribution in [0.2, 0.25) is 0 Å². The van der Waals surface area contributed by atoms with Gasteiger partial charge in [-0.3, -0.25) is 0 Å². The lowest BCUT2D eigenvalue weighted by molar-refractivity contribution is 0.346. The summed E-state index contributed by atoms with van der Waals surface area (Å²) < 4.78 is 7.03. The predicted molar refractivity (Wildman–Crippen MR) is 259 cm³/mol. The normalized spacial score (nSPS) is 17.7. The molecule has 0 bridgehead atoms. The van der Waals surface area contributed by atoms with Crippen LogP contribution in [0, 0.1) is 5.92 Å². The second kappa shape index (κ2) is 15.0. The summed E-state index contributed by atoms with van der Waals surface area (Å²) >= 11 is 0. The van der Waals surface area contributed by atoms with E-state index < -0.39 is 5.41 Å². The van der Waals surface area contributed by atoms with Crippen LogP contribution in [0.3, 0.4) is 0 Å². The number of allylic oxidation sites excluding steroid dienone is 3. The molecule has 2 atom stereocenters. The summed E-state index contributed by atoms with van der Waals surface area (Å²) in [7, 11) is 2.19. The summed E-state index contributed by atoms with van der Waals surface area (Å²) in [5.41, 5.74) is 17.2. The lowest BCUT2D eigenvalue weighted by Crippen LogP contribution is -2.43. The van der Waals surface area contributed by atoms with Gasteiger partial charge in [-0.05, 0) is 80.8 Å². The van der Waals surface area contributed by atoms with Crippen molar-refractivity contribution in [2.75, 3.05) is 7.05 Å². The van der Waals surface area contributed by atoms with E-state index in [1.165, 1.54) is 44.5 Å². The molecule has 1 spiro atoms. The average Bonchev–Trinajstić information content (AvgIpc) is 3.65. The van der Waals surface area contributed by atoms with Crippen LogP contribution in [0.5, 0.6) is 11.5 Å². The van der Waals surface area contributed by atoms with Crippen LogP contribution in [-0.2, 0) is 5.41 Å². The Balaban J connectivity index is 0.935. The molecule has 3 heteroatoms. The highest BCUT2D eigenvalue weighted by atomic mass is 16.5. The number of benzene rings is 8. The number of ether oxygens (including phenoxy) is 1. The van der Waals surface area contributed by atoms with Gasteiger partial charge in [-0.1, -0.05) is 200 Å². The molecule has 0 saturated carbocycles. The Bertz CT molecular complexity index is 3160. The zero-order chi connectivity index (χ0) is 41.9. The number of rotatable bonds is 6. The molecular formula is C60H44N2O. The maximum absolute atomic E-state index is 7.03. The Morgan fingerprint density at radius 1 is 0.508 bits per heavy atom. The molecule has 2 unspecified atom stereocenters. The van der Waals surface area contributed by atoms with E-state index in [0.29, 0.717) is 5.92 Å². The van der Waals surface area contributed by atoms with Gasteiger partial charge in [0, 0.05) is 40.8 Å². The van der Waals surface area contributed by atoms with Crippen LogP contribution in [0.1, 0.15) is 45.4 Å².